The van der Waals surface area contributed by atoms with E-state index in [4.69, 9.17) is 15.5 Å². The van der Waals surface area contributed by atoms with E-state index >= 15 is 0 Å². The molecule has 0 aliphatic carbocycles. The van der Waals surface area contributed by atoms with E-state index in [2.05, 4.69) is 6.07 Å². The summed E-state index contributed by atoms with van der Waals surface area (Å²) in [6.45, 7) is 0.675. The first-order valence-electron chi connectivity index (χ1n) is 6.19. The molecule has 0 saturated carbocycles. The van der Waals surface area contributed by atoms with Crippen molar-refractivity contribution in [3.63, 3.8) is 0 Å². The molecular formula is C15H12N2OS. The lowest BCUT2D eigenvalue weighted by Crippen LogP contribution is -2.01. The molecule has 0 saturated heterocycles. The summed E-state index contributed by atoms with van der Waals surface area (Å²) in [7, 11) is 0. The minimum Gasteiger partial charge on any atom is -0.492 e. The van der Waals surface area contributed by atoms with Crippen LogP contribution in [0.2, 0.25) is 0 Å². The normalized spacial score (nSPS) is 17.4. The molecule has 19 heavy (non-hydrogen) atoms. The third-order valence-electron chi connectivity index (χ3n) is 3.43. The van der Waals surface area contributed by atoms with Gasteiger partial charge in [0.05, 0.1) is 16.1 Å². The third kappa shape index (κ3) is 1.68. The molecule has 1 aromatic heterocycles. The molecule has 0 fully saturated rings. The number of hydrogen-bond donors (Lipinski definition) is 1. The van der Waals surface area contributed by atoms with E-state index in [9.17, 15) is 0 Å². The predicted octanol–water partition coefficient (Wildman–Crippen LogP) is 3.40. The standard InChI is InChI=1S/C15H12N2OS/c16-9-5-6-12-14(7-9)19-15(17-12)11-8-18-13-4-2-1-3-10(11)13/h1-7,11H,8,16H2. The summed E-state index contributed by atoms with van der Waals surface area (Å²) < 4.78 is 6.87. The highest BCUT2D eigenvalue weighted by atomic mass is 32.1. The van der Waals surface area contributed by atoms with Crippen LogP contribution >= 0.6 is 11.3 Å². The van der Waals surface area contributed by atoms with Crippen LogP contribution in [0, 0.1) is 0 Å². The highest BCUT2D eigenvalue weighted by molar-refractivity contribution is 7.18. The molecule has 2 N–H and O–H groups in total. The number of fused-ring (bicyclic) bond motifs is 2. The van der Waals surface area contributed by atoms with Crippen LogP contribution in [-0.4, -0.2) is 11.6 Å². The predicted molar refractivity (Wildman–Crippen MR) is 77.8 cm³/mol. The minimum atomic E-state index is 0.245. The molecule has 1 atom stereocenters. The fourth-order valence-electron chi connectivity index (χ4n) is 2.48. The smallest absolute Gasteiger partial charge is 0.123 e. The molecule has 0 amide bonds. The molecule has 1 aliphatic rings. The SMILES string of the molecule is Nc1ccc2nc(C3COc4ccccc43)sc2c1. The molecule has 3 nitrogen and oxygen atoms in total. The molecular weight excluding hydrogens is 256 g/mol. The number of benzene rings is 2. The molecule has 0 bridgehead atoms. The summed E-state index contributed by atoms with van der Waals surface area (Å²) in [6, 6.07) is 14.0. The number of aromatic nitrogens is 1. The van der Waals surface area contributed by atoms with Gasteiger partial charge < -0.3 is 10.5 Å². The summed E-state index contributed by atoms with van der Waals surface area (Å²) in [5, 5.41) is 1.10. The van der Waals surface area contributed by atoms with Gasteiger partial charge in [-0.05, 0) is 24.3 Å². The number of para-hydroxylation sites is 1. The van der Waals surface area contributed by atoms with Crippen LogP contribution in [-0.2, 0) is 0 Å². The van der Waals surface area contributed by atoms with Crippen LogP contribution < -0.4 is 10.5 Å². The highest BCUT2D eigenvalue weighted by Crippen LogP contribution is 2.40. The first-order chi connectivity index (χ1) is 9.31. The van der Waals surface area contributed by atoms with Crippen molar-refractivity contribution in [2.24, 2.45) is 0 Å². The average molecular weight is 268 g/mol. The Hall–Kier alpha value is -2.07. The van der Waals surface area contributed by atoms with Gasteiger partial charge in [-0.25, -0.2) is 4.98 Å². The topological polar surface area (TPSA) is 48.1 Å². The summed E-state index contributed by atoms with van der Waals surface area (Å²) >= 11 is 1.70. The third-order valence-corrected chi connectivity index (χ3v) is 4.56. The van der Waals surface area contributed by atoms with Gasteiger partial charge in [-0.2, -0.15) is 0 Å². The van der Waals surface area contributed by atoms with Crippen LogP contribution in [0.3, 0.4) is 0 Å². The Morgan fingerprint density at radius 1 is 1.21 bits per heavy atom. The molecule has 0 radical (unpaired) electrons. The fourth-order valence-corrected chi connectivity index (χ4v) is 3.59. The number of anilines is 1. The number of ether oxygens (including phenoxy) is 1. The Labute approximate surface area is 114 Å². The van der Waals surface area contributed by atoms with Gasteiger partial charge in [-0.15, -0.1) is 11.3 Å². The molecule has 2 aromatic carbocycles. The van der Waals surface area contributed by atoms with Crippen molar-refractivity contribution in [2.75, 3.05) is 12.3 Å². The zero-order valence-corrected chi connectivity index (χ0v) is 11.0. The maximum absolute atomic E-state index is 5.82. The van der Waals surface area contributed by atoms with E-state index in [1.54, 1.807) is 11.3 Å². The Kier molecular flexibility index (Phi) is 2.26. The van der Waals surface area contributed by atoms with E-state index in [1.807, 2.05) is 36.4 Å². The van der Waals surface area contributed by atoms with Crippen LogP contribution in [0.15, 0.2) is 42.5 Å². The van der Waals surface area contributed by atoms with Crippen LogP contribution in [0.25, 0.3) is 10.2 Å². The van der Waals surface area contributed by atoms with Crippen LogP contribution in [0.4, 0.5) is 5.69 Å². The van der Waals surface area contributed by atoms with Gasteiger partial charge in [0.1, 0.15) is 17.4 Å². The summed E-state index contributed by atoms with van der Waals surface area (Å²) in [6.07, 6.45) is 0. The minimum absolute atomic E-state index is 0.245. The Morgan fingerprint density at radius 2 is 2.11 bits per heavy atom. The van der Waals surface area contributed by atoms with E-state index in [0.29, 0.717) is 6.61 Å². The maximum atomic E-state index is 5.82. The lowest BCUT2D eigenvalue weighted by molar-refractivity contribution is 0.343. The second-order valence-electron chi connectivity index (χ2n) is 4.68. The van der Waals surface area contributed by atoms with Crippen LogP contribution in [0.5, 0.6) is 5.75 Å². The second-order valence-corrected chi connectivity index (χ2v) is 5.74. The molecule has 1 aliphatic heterocycles. The number of hydrogen-bond acceptors (Lipinski definition) is 4. The molecule has 3 aromatic rings. The van der Waals surface area contributed by atoms with Crippen molar-refractivity contribution in [3.8, 4) is 5.75 Å². The van der Waals surface area contributed by atoms with Crippen molar-refractivity contribution < 1.29 is 4.74 Å². The molecule has 4 heteroatoms. The first kappa shape index (κ1) is 10.8. The van der Waals surface area contributed by atoms with Gasteiger partial charge >= 0.3 is 0 Å². The Bertz CT molecular complexity index is 766. The number of nitrogens with zero attached hydrogens (tertiary/aromatic N) is 1. The zero-order valence-electron chi connectivity index (χ0n) is 10.2. The van der Waals surface area contributed by atoms with Crippen molar-refractivity contribution in [2.45, 2.75) is 5.92 Å². The second kappa shape index (κ2) is 3.96. The molecule has 1 unspecified atom stereocenters. The van der Waals surface area contributed by atoms with Crippen molar-refractivity contribution in [1.82, 2.24) is 4.98 Å². The quantitative estimate of drug-likeness (QED) is 0.688. The van der Waals surface area contributed by atoms with E-state index in [1.165, 1.54) is 5.56 Å². The summed E-state index contributed by atoms with van der Waals surface area (Å²) in [5.74, 6) is 1.22. The van der Waals surface area contributed by atoms with E-state index in [-0.39, 0.29) is 5.92 Å². The highest BCUT2D eigenvalue weighted by Gasteiger charge is 2.27. The maximum Gasteiger partial charge on any atom is 0.123 e. The van der Waals surface area contributed by atoms with E-state index in [0.717, 1.165) is 26.7 Å². The van der Waals surface area contributed by atoms with Gasteiger partial charge in [0.2, 0.25) is 0 Å². The number of nitrogens with two attached hydrogens (primary N) is 1. The lowest BCUT2D eigenvalue weighted by Gasteiger charge is -2.03. The molecule has 2 heterocycles. The zero-order chi connectivity index (χ0) is 12.8. The number of nitrogen functional groups attached to an aromatic ring is 1. The van der Waals surface area contributed by atoms with Gasteiger partial charge in [0, 0.05) is 11.3 Å². The Morgan fingerprint density at radius 3 is 3.05 bits per heavy atom. The Balaban J connectivity index is 1.83. The van der Waals surface area contributed by atoms with Crippen LogP contribution in [0.1, 0.15) is 16.5 Å². The lowest BCUT2D eigenvalue weighted by atomic mass is 10.0. The number of rotatable bonds is 1. The van der Waals surface area contributed by atoms with Crippen molar-refractivity contribution >= 4 is 27.2 Å². The van der Waals surface area contributed by atoms with Gasteiger partial charge in [-0.3, -0.25) is 0 Å². The molecule has 4 rings (SSSR count). The van der Waals surface area contributed by atoms with Gasteiger partial charge in [0.25, 0.3) is 0 Å². The average Bonchev–Trinajstić information content (AvgIpc) is 3.00. The van der Waals surface area contributed by atoms with Crippen molar-refractivity contribution in [3.05, 3.63) is 53.0 Å². The molecule has 0 spiro atoms. The fraction of sp³-hybridized carbons (Fsp3) is 0.133. The summed E-state index contributed by atoms with van der Waals surface area (Å²) in [5.41, 5.74) is 8.84. The largest absolute Gasteiger partial charge is 0.492 e. The van der Waals surface area contributed by atoms with Gasteiger partial charge in [-0.1, -0.05) is 18.2 Å². The molecule has 94 valence electrons. The van der Waals surface area contributed by atoms with Gasteiger partial charge in [0.15, 0.2) is 0 Å². The van der Waals surface area contributed by atoms with E-state index < -0.39 is 0 Å². The summed E-state index contributed by atoms with van der Waals surface area (Å²) in [4.78, 5) is 4.72. The first-order valence-corrected chi connectivity index (χ1v) is 7.00. The van der Waals surface area contributed by atoms with Crippen molar-refractivity contribution in [1.29, 1.82) is 0 Å². The monoisotopic (exact) mass is 268 g/mol. The number of thiazole rings is 1.